The molecule has 4 aromatic rings. The van der Waals surface area contributed by atoms with Crippen LogP contribution in [0.2, 0.25) is 10.0 Å². The number of β-amino-alcohol motifs (C(OH)–C–C–N with tert-alkyl or cyclic N) is 1. The predicted molar refractivity (Wildman–Crippen MR) is 195 cm³/mol. The number of aliphatic hydroxyl groups excluding tert-OH is 1. The van der Waals surface area contributed by atoms with E-state index in [1.165, 1.54) is 11.1 Å². The smallest absolute Gasteiger partial charge is 0.219 e. The van der Waals surface area contributed by atoms with Gasteiger partial charge >= 0.3 is 0 Å². The van der Waals surface area contributed by atoms with Crippen LogP contribution in [0, 0.1) is 0 Å². The molecule has 0 spiro atoms. The van der Waals surface area contributed by atoms with Crippen molar-refractivity contribution >= 4 is 29.1 Å². The molecule has 50 heavy (non-hydrogen) atoms. The number of halogens is 2. The van der Waals surface area contributed by atoms with Crippen molar-refractivity contribution in [3.8, 4) is 45.4 Å². The lowest BCUT2D eigenvalue weighted by atomic mass is 9.96. The molecule has 1 amide bonds. The van der Waals surface area contributed by atoms with Gasteiger partial charge in [0.05, 0.1) is 41.8 Å². The standard InChI is InChI=1S/C39H41Cl2N5O4/c1-22(47)44-14-16-45(17-15-44)32-12-10-23-18-30(42-38(49-2)34(23)32)28-8-4-6-26(36(28)40)27-7-5-9-29(37(27)41)31-19-24-11-13-33(46-20-25(48)21-46)35(24)39(43-31)50-3/h4-9,18-19,25,32-33,48H,10-17,20-21H2,1-3H3/t32-,33+/m1/s1. The number of aryl methyl sites for hydroxylation is 2. The highest BCUT2D eigenvalue weighted by molar-refractivity contribution is 6.39. The topological polar surface area (TPSA) is 91.3 Å². The first-order chi connectivity index (χ1) is 24.2. The first kappa shape index (κ1) is 33.4. The Kier molecular flexibility index (Phi) is 8.98. The fourth-order valence-electron chi connectivity index (χ4n) is 8.45. The first-order valence-corrected chi connectivity index (χ1v) is 18.2. The molecule has 2 atom stereocenters. The van der Waals surface area contributed by atoms with Crippen molar-refractivity contribution in [1.82, 2.24) is 24.7 Å². The van der Waals surface area contributed by atoms with Crippen LogP contribution in [0.1, 0.15) is 54.1 Å². The van der Waals surface area contributed by atoms with Gasteiger partial charge in [0.2, 0.25) is 17.7 Å². The second-order valence-corrected chi connectivity index (χ2v) is 14.5. The quantitative estimate of drug-likeness (QED) is 0.229. The van der Waals surface area contributed by atoms with E-state index in [1.54, 1.807) is 21.1 Å². The van der Waals surface area contributed by atoms with Crippen LogP contribution in [-0.2, 0) is 17.6 Å². The van der Waals surface area contributed by atoms with Crippen LogP contribution in [0.25, 0.3) is 33.6 Å². The molecule has 2 aromatic heterocycles. The number of piperazine rings is 1. The van der Waals surface area contributed by atoms with Gasteiger partial charge < -0.3 is 19.5 Å². The highest BCUT2D eigenvalue weighted by Gasteiger charge is 2.39. The number of benzene rings is 2. The molecule has 0 radical (unpaired) electrons. The Hall–Kier alpha value is -3.73. The van der Waals surface area contributed by atoms with Gasteiger partial charge in [-0.15, -0.1) is 0 Å². The summed E-state index contributed by atoms with van der Waals surface area (Å²) >= 11 is 14.5. The molecule has 9 nitrogen and oxygen atoms in total. The number of nitrogens with zero attached hydrogens (tertiary/aromatic N) is 5. The Morgan fingerprint density at radius 1 is 0.740 bits per heavy atom. The fourth-order valence-corrected chi connectivity index (χ4v) is 9.10. The van der Waals surface area contributed by atoms with Gasteiger partial charge in [-0.2, -0.15) is 0 Å². The minimum Gasteiger partial charge on any atom is -0.481 e. The highest BCUT2D eigenvalue weighted by atomic mass is 35.5. The molecule has 2 aliphatic heterocycles. The number of aromatic nitrogens is 2. The zero-order chi connectivity index (χ0) is 34.7. The zero-order valence-corrected chi connectivity index (χ0v) is 30.1. The summed E-state index contributed by atoms with van der Waals surface area (Å²) < 4.78 is 11.8. The lowest BCUT2D eigenvalue weighted by Crippen LogP contribution is -2.51. The maximum atomic E-state index is 11.9. The lowest BCUT2D eigenvalue weighted by molar-refractivity contribution is -0.130. The molecule has 0 unspecified atom stereocenters. The van der Waals surface area contributed by atoms with E-state index in [9.17, 15) is 9.90 Å². The molecule has 2 aliphatic carbocycles. The number of carbonyl (C=O) groups excluding carboxylic acids is 1. The van der Waals surface area contributed by atoms with E-state index in [-0.39, 0.29) is 24.1 Å². The number of aliphatic hydroxyl groups is 1. The molecule has 2 fully saturated rings. The average molecular weight is 715 g/mol. The van der Waals surface area contributed by atoms with Gasteiger partial charge in [0, 0.05) is 91.7 Å². The molecular formula is C39H41Cl2N5O4. The summed E-state index contributed by atoms with van der Waals surface area (Å²) in [4.78, 5) is 28.5. The summed E-state index contributed by atoms with van der Waals surface area (Å²) in [5, 5.41) is 11.0. The average Bonchev–Trinajstić information content (AvgIpc) is 3.74. The van der Waals surface area contributed by atoms with Crippen LogP contribution in [0.3, 0.4) is 0 Å². The molecular weight excluding hydrogens is 673 g/mol. The summed E-state index contributed by atoms with van der Waals surface area (Å²) in [5.41, 5.74) is 9.43. The highest BCUT2D eigenvalue weighted by Crippen LogP contribution is 2.48. The van der Waals surface area contributed by atoms with Gasteiger partial charge in [0.15, 0.2) is 0 Å². The third kappa shape index (κ3) is 5.73. The molecule has 2 aromatic carbocycles. The Bertz CT molecular complexity index is 1970. The molecule has 1 N–H and O–H groups in total. The molecule has 0 bridgehead atoms. The van der Waals surface area contributed by atoms with Crippen LogP contribution in [-0.4, -0.2) is 95.3 Å². The summed E-state index contributed by atoms with van der Waals surface area (Å²) in [6.45, 7) is 6.14. The number of amides is 1. The van der Waals surface area contributed by atoms with Crippen molar-refractivity contribution in [3.05, 3.63) is 80.8 Å². The summed E-state index contributed by atoms with van der Waals surface area (Å²) in [7, 11) is 3.34. The molecule has 8 rings (SSSR count). The summed E-state index contributed by atoms with van der Waals surface area (Å²) in [6.07, 6.45) is 3.53. The van der Waals surface area contributed by atoms with Crippen molar-refractivity contribution in [3.63, 3.8) is 0 Å². The number of rotatable bonds is 7. The third-order valence-electron chi connectivity index (χ3n) is 11.0. The number of likely N-dealkylation sites (tertiary alicyclic amines) is 1. The number of carbonyl (C=O) groups is 1. The Balaban J connectivity index is 1.11. The molecule has 4 aliphatic rings. The Labute approximate surface area is 302 Å². The van der Waals surface area contributed by atoms with Crippen LogP contribution < -0.4 is 9.47 Å². The number of ether oxygens (including phenoxy) is 2. The maximum absolute atomic E-state index is 11.9. The largest absolute Gasteiger partial charge is 0.481 e. The zero-order valence-electron chi connectivity index (χ0n) is 28.6. The van der Waals surface area contributed by atoms with Crippen LogP contribution in [0.4, 0.5) is 0 Å². The second kappa shape index (κ2) is 13.4. The summed E-state index contributed by atoms with van der Waals surface area (Å²) in [6, 6.07) is 16.6. The minimum atomic E-state index is -0.260. The molecule has 0 saturated carbocycles. The van der Waals surface area contributed by atoms with E-state index >= 15 is 0 Å². The first-order valence-electron chi connectivity index (χ1n) is 17.4. The number of methoxy groups -OCH3 is 2. The van der Waals surface area contributed by atoms with E-state index < -0.39 is 0 Å². The van der Waals surface area contributed by atoms with Crippen molar-refractivity contribution in [2.24, 2.45) is 0 Å². The van der Waals surface area contributed by atoms with Crippen LogP contribution in [0.15, 0.2) is 48.5 Å². The Morgan fingerprint density at radius 2 is 1.20 bits per heavy atom. The molecule has 260 valence electrons. The van der Waals surface area contributed by atoms with E-state index in [2.05, 4.69) is 21.9 Å². The minimum absolute atomic E-state index is 0.131. The van der Waals surface area contributed by atoms with Crippen LogP contribution >= 0.6 is 23.2 Å². The van der Waals surface area contributed by atoms with Gasteiger partial charge in [-0.3, -0.25) is 14.6 Å². The van der Waals surface area contributed by atoms with Gasteiger partial charge in [-0.05, 0) is 48.9 Å². The van der Waals surface area contributed by atoms with E-state index in [1.807, 2.05) is 41.3 Å². The van der Waals surface area contributed by atoms with E-state index in [0.717, 1.165) is 96.6 Å². The third-order valence-corrected chi connectivity index (χ3v) is 11.8. The fraction of sp³-hybridized carbons (Fsp3) is 0.410. The molecule has 2 saturated heterocycles. The van der Waals surface area contributed by atoms with Gasteiger partial charge in [-0.25, -0.2) is 9.97 Å². The normalized spacial score (nSPS) is 20.8. The number of hydrogen-bond donors (Lipinski definition) is 1. The monoisotopic (exact) mass is 713 g/mol. The number of fused-ring (bicyclic) bond motifs is 2. The summed E-state index contributed by atoms with van der Waals surface area (Å²) in [5.74, 6) is 1.37. The van der Waals surface area contributed by atoms with Gasteiger partial charge in [0.25, 0.3) is 0 Å². The van der Waals surface area contributed by atoms with Crippen molar-refractivity contribution < 1.29 is 19.4 Å². The SMILES string of the molecule is COc1nc(-c2cccc(-c3cccc(-c4cc5c(c(OC)n4)[C@@H](N4CC(O)C4)CC5)c3Cl)c2Cl)cc2c1[C@H](N1CCN(C(C)=O)CC1)CC2. The molecule has 4 heterocycles. The predicted octanol–water partition coefficient (Wildman–Crippen LogP) is 6.62. The van der Waals surface area contributed by atoms with E-state index in [0.29, 0.717) is 34.9 Å². The lowest BCUT2D eigenvalue weighted by Gasteiger charge is -2.40. The van der Waals surface area contributed by atoms with Crippen molar-refractivity contribution in [2.45, 2.75) is 50.8 Å². The Morgan fingerprint density at radius 3 is 1.64 bits per heavy atom. The van der Waals surface area contributed by atoms with Gasteiger partial charge in [0.1, 0.15) is 0 Å². The van der Waals surface area contributed by atoms with Crippen molar-refractivity contribution in [2.75, 3.05) is 53.5 Å². The van der Waals surface area contributed by atoms with E-state index in [4.69, 9.17) is 42.6 Å². The number of hydrogen-bond acceptors (Lipinski definition) is 8. The van der Waals surface area contributed by atoms with Crippen molar-refractivity contribution in [1.29, 1.82) is 0 Å². The second-order valence-electron chi connectivity index (χ2n) is 13.8. The maximum Gasteiger partial charge on any atom is 0.219 e. The van der Waals surface area contributed by atoms with Crippen LogP contribution in [0.5, 0.6) is 11.8 Å². The number of pyridine rings is 2. The molecule has 11 heteroatoms. The van der Waals surface area contributed by atoms with Gasteiger partial charge in [-0.1, -0.05) is 59.6 Å².